The van der Waals surface area contributed by atoms with Gasteiger partial charge in [-0.2, -0.15) is 9.57 Å². The van der Waals surface area contributed by atoms with Crippen LogP contribution in [-0.4, -0.2) is 59.3 Å². The van der Waals surface area contributed by atoms with E-state index in [0.29, 0.717) is 0 Å². The molecule has 0 radical (unpaired) electrons. The van der Waals surface area contributed by atoms with Crippen LogP contribution < -0.4 is 4.74 Å². The third-order valence-electron chi connectivity index (χ3n) is 4.52. The van der Waals surface area contributed by atoms with Crippen LogP contribution in [0.15, 0.2) is 41.6 Å². The average molecular weight is 407 g/mol. The molecule has 3 rings (SSSR count). The van der Waals surface area contributed by atoms with E-state index in [1.165, 1.54) is 24.4 Å². The van der Waals surface area contributed by atoms with E-state index in [1.807, 2.05) is 0 Å². The molecule has 2 aromatic rings. The first kappa shape index (κ1) is 20.2. The number of hydrogen-bond acceptors (Lipinski definition) is 7. The molecule has 8 nitrogen and oxygen atoms in total. The Balaban J connectivity index is 1.86. The molecule has 1 saturated heterocycles. The van der Waals surface area contributed by atoms with Gasteiger partial charge in [0.15, 0.2) is 5.03 Å². The van der Waals surface area contributed by atoms with Crippen molar-refractivity contribution in [1.82, 2.24) is 9.29 Å². The average Bonchev–Trinajstić information content (AvgIpc) is 3.00. The fourth-order valence-corrected chi connectivity index (χ4v) is 4.29. The Kier molecular flexibility index (Phi) is 5.36. The molecule has 0 unspecified atom stereocenters. The van der Waals surface area contributed by atoms with Crippen molar-refractivity contribution < 1.29 is 27.8 Å². The van der Waals surface area contributed by atoms with Crippen molar-refractivity contribution in [2.75, 3.05) is 19.7 Å². The first-order chi connectivity index (χ1) is 13.2. The highest BCUT2D eigenvalue weighted by Crippen LogP contribution is 2.30. The molecule has 0 bridgehead atoms. The van der Waals surface area contributed by atoms with Gasteiger partial charge in [-0.3, -0.25) is 0 Å². The van der Waals surface area contributed by atoms with Crippen molar-refractivity contribution in [3.63, 3.8) is 0 Å². The summed E-state index contributed by atoms with van der Waals surface area (Å²) in [6, 6.07) is 8.14. The van der Waals surface area contributed by atoms with Gasteiger partial charge in [-0.1, -0.05) is 6.07 Å². The largest absolute Gasteiger partial charge is 0.486 e. The van der Waals surface area contributed by atoms with Gasteiger partial charge in [0, 0.05) is 18.8 Å². The molecule has 28 heavy (non-hydrogen) atoms. The van der Waals surface area contributed by atoms with Gasteiger partial charge >= 0.3 is 0 Å². The number of aromatic nitrogens is 1. The standard InChI is InChI=1S/C18H18FN3O5S/c1-12-2-5-17(21-8-12)28(25,26)22-9-16(18(24,10-22)11-23)27-14-4-3-13(7-20)15(19)6-14/h2-6,8,16,23-24H,9-11H2,1H3/t16-,18+/m0/s1. The maximum absolute atomic E-state index is 13.8. The van der Waals surface area contributed by atoms with Crippen LogP contribution in [0.2, 0.25) is 0 Å². The molecule has 1 aromatic carbocycles. The summed E-state index contributed by atoms with van der Waals surface area (Å²) < 4.78 is 45.9. The van der Waals surface area contributed by atoms with E-state index in [-0.39, 0.29) is 22.9 Å². The first-order valence-electron chi connectivity index (χ1n) is 8.32. The molecule has 148 valence electrons. The third kappa shape index (κ3) is 3.70. The molecule has 2 atom stereocenters. The van der Waals surface area contributed by atoms with Gasteiger partial charge in [0.2, 0.25) is 0 Å². The Morgan fingerprint density at radius 2 is 2.18 bits per heavy atom. The Hall–Kier alpha value is -2.58. The Labute approximate surface area is 161 Å². The molecule has 0 aliphatic carbocycles. The number of benzene rings is 1. The molecule has 0 saturated carbocycles. The van der Waals surface area contributed by atoms with Gasteiger partial charge in [0.25, 0.3) is 10.0 Å². The van der Waals surface area contributed by atoms with Crippen LogP contribution in [0.4, 0.5) is 4.39 Å². The van der Waals surface area contributed by atoms with Gasteiger partial charge in [0.1, 0.15) is 29.3 Å². The normalized spacial score (nSPS) is 22.8. The maximum Gasteiger partial charge on any atom is 0.260 e. The quantitative estimate of drug-likeness (QED) is 0.743. The predicted molar refractivity (Wildman–Crippen MR) is 95.3 cm³/mol. The number of rotatable bonds is 5. The van der Waals surface area contributed by atoms with Crippen molar-refractivity contribution >= 4 is 10.0 Å². The summed E-state index contributed by atoms with van der Waals surface area (Å²) in [7, 11) is -4.03. The monoisotopic (exact) mass is 407 g/mol. The van der Waals surface area contributed by atoms with Crippen molar-refractivity contribution in [2.24, 2.45) is 0 Å². The highest BCUT2D eigenvalue weighted by molar-refractivity contribution is 7.89. The van der Waals surface area contributed by atoms with Crippen molar-refractivity contribution in [3.8, 4) is 11.8 Å². The van der Waals surface area contributed by atoms with E-state index in [9.17, 15) is 23.0 Å². The summed E-state index contributed by atoms with van der Waals surface area (Å²) in [5.41, 5.74) is -1.27. The third-order valence-corrected chi connectivity index (χ3v) is 6.25. The molecule has 1 aromatic heterocycles. The summed E-state index contributed by atoms with van der Waals surface area (Å²) in [4.78, 5) is 3.91. The molecule has 0 amide bonds. The SMILES string of the molecule is Cc1ccc(S(=O)(=O)N2C[C@H](Oc3ccc(C#N)c(F)c3)[C@](O)(CO)C2)nc1. The van der Waals surface area contributed by atoms with Crippen LogP contribution in [0.1, 0.15) is 11.1 Å². The van der Waals surface area contributed by atoms with Crippen LogP contribution in [0.25, 0.3) is 0 Å². The number of nitriles is 1. The lowest BCUT2D eigenvalue weighted by Gasteiger charge is -2.27. The predicted octanol–water partition coefficient (Wildman–Crippen LogP) is 0.576. The molecule has 2 N–H and O–H groups in total. The van der Waals surface area contributed by atoms with E-state index in [4.69, 9.17) is 10.00 Å². The second kappa shape index (κ2) is 7.44. The van der Waals surface area contributed by atoms with Crippen molar-refractivity contribution in [2.45, 2.75) is 23.7 Å². The number of nitrogens with zero attached hydrogens (tertiary/aromatic N) is 3. The summed E-state index contributed by atoms with van der Waals surface area (Å²) in [5, 5.41) is 28.9. The molecule has 1 aliphatic rings. The second-order valence-corrected chi connectivity index (χ2v) is 8.48. The van der Waals surface area contributed by atoms with Gasteiger partial charge < -0.3 is 14.9 Å². The van der Waals surface area contributed by atoms with Gasteiger partial charge in [-0.15, -0.1) is 0 Å². The summed E-state index contributed by atoms with van der Waals surface area (Å²) in [6.07, 6.45) is 0.263. The van der Waals surface area contributed by atoms with Crippen LogP contribution in [0.3, 0.4) is 0 Å². The van der Waals surface area contributed by atoms with Gasteiger partial charge in [-0.05, 0) is 30.7 Å². The minimum atomic E-state index is -4.03. The van der Waals surface area contributed by atoms with E-state index in [1.54, 1.807) is 19.1 Å². The van der Waals surface area contributed by atoms with Crippen LogP contribution in [0, 0.1) is 24.1 Å². The number of ether oxygens (including phenoxy) is 1. The highest BCUT2D eigenvalue weighted by Gasteiger charge is 2.51. The van der Waals surface area contributed by atoms with E-state index in [0.717, 1.165) is 15.9 Å². The highest BCUT2D eigenvalue weighted by atomic mass is 32.2. The van der Waals surface area contributed by atoms with E-state index in [2.05, 4.69) is 4.98 Å². The number of aryl methyl sites for hydroxylation is 1. The summed E-state index contributed by atoms with van der Waals surface area (Å²) in [6.45, 7) is 0.329. The lowest BCUT2D eigenvalue weighted by molar-refractivity contribution is -0.0641. The molecular weight excluding hydrogens is 389 g/mol. The zero-order valence-corrected chi connectivity index (χ0v) is 15.7. The number of hydrogen-bond donors (Lipinski definition) is 2. The van der Waals surface area contributed by atoms with E-state index >= 15 is 0 Å². The van der Waals surface area contributed by atoms with Crippen LogP contribution >= 0.6 is 0 Å². The summed E-state index contributed by atoms with van der Waals surface area (Å²) >= 11 is 0. The zero-order valence-electron chi connectivity index (χ0n) is 14.9. The number of pyridine rings is 1. The Morgan fingerprint density at radius 3 is 2.75 bits per heavy atom. The lowest BCUT2D eigenvalue weighted by Crippen LogP contribution is -2.48. The molecule has 0 spiro atoms. The first-order valence-corrected chi connectivity index (χ1v) is 9.76. The Morgan fingerprint density at radius 1 is 1.43 bits per heavy atom. The second-order valence-electron chi connectivity index (χ2n) is 6.59. The topological polar surface area (TPSA) is 124 Å². The molecule has 10 heteroatoms. The van der Waals surface area contributed by atoms with Crippen LogP contribution in [-0.2, 0) is 10.0 Å². The summed E-state index contributed by atoms with van der Waals surface area (Å²) in [5.74, 6) is -0.806. The fraction of sp³-hybridized carbons (Fsp3) is 0.333. The number of sulfonamides is 1. The molecule has 1 fully saturated rings. The number of β-amino-alcohol motifs (C(OH)–C–C–N with tert-alkyl or cyclic N) is 1. The molecule has 2 heterocycles. The van der Waals surface area contributed by atoms with E-state index < -0.39 is 40.7 Å². The van der Waals surface area contributed by atoms with Crippen molar-refractivity contribution in [1.29, 1.82) is 5.26 Å². The lowest BCUT2D eigenvalue weighted by atomic mass is 10.0. The zero-order chi connectivity index (χ0) is 20.5. The number of halogens is 1. The van der Waals surface area contributed by atoms with Gasteiger partial charge in [0.05, 0.1) is 18.7 Å². The minimum absolute atomic E-state index is 0.00100. The number of aliphatic hydroxyl groups is 2. The maximum atomic E-state index is 13.8. The smallest absolute Gasteiger partial charge is 0.260 e. The minimum Gasteiger partial charge on any atom is -0.486 e. The van der Waals surface area contributed by atoms with Gasteiger partial charge in [-0.25, -0.2) is 17.8 Å². The number of aliphatic hydroxyl groups excluding tert-OH is 1. The Bertz CT molecular complexity index is 1020. The molecule has 1 aliphatic heterocycles. The van der Waals surface area contributed by atoms with Crippen molar-refractivity contribution in [3.05, 3.63) is 53.5 Å². The fourth-order valence-electron chi connectivity index (χ4n) is 2.87. The van der Waals surface area contributed by atoms with Crippen LogP contribution in [0.5, 0.6) is 5.75 Å². The molecular formula is C18H18FN3O5S.